The molecule has 0 aliphatic heterocycles. The Morgan fingerprint density at radius 1 is 0.900 bits per heavy atom. The van der Waals surface area contributed by atoms with E-state index in [-0.39, 0.29) is 22.3 Å². The lowest BCUT2D eigenvalue weighted by Gasteiger charge is -2.20. The van der Waals surface area contributed by atoms with Gasteiger partial charge in [-0.3, -0.25) is 0 Å². The molecule has 0 fully saturated rings. The number of carbonyl (C=O) groups is 1. The van der Waals surface area contributed by atoms with Gasteiger partial charge in [0.15, 0.2) is 5.75 Å². The lowest BCUT2D eigenvalue weighted by molar-refractivity contribution is -0.0500. The van der Waals surface area contributed by atoms with E-state index in [9.17, 15) is 26.4 Å². The molecule has 0 saturated carbocycles. The number of alkyl halides is 3. The van der Waals surface area contributed by atoms with Crippen LogP contribution in [0.2, 0.25) is 0 Å². The minimum Gasteiger partial charge on any atom is -0.465 e. The van der Waals surface area contributed by atoms with Crippen molar-refractivity contribution in [3.8, 4) is 16.9 Å². The number of hydrogen-bond acceptors (Lipinski definition) is 5. The van der Waals surface area contributed by atoms with Gasteiger partial charge in [0, 0.05) is 11.1 Å². The molecule has 3 aromatic rings. The van der Waals surface area contributed by atoms with Crippen molar-refractivity contribution in [1.82, 2.24) is 0 Å². The zero-order valence-corrected chi connectivity index (χ0v) is 17.0. The Kier molecular flexibility index (Phi) is 5.51. The first-order valence-corrected chi connectivity index (χ1v) is 10.1. The van der Waals surface area contributed by atoms with E-state index in [0.29, 0.717) is 16.3 Å². The Labute approximate surface area is 171 Å². The number of benzene rings is 3. The van der Waals surface area contributed by atoms with Gasteiger partial charge in [0.25, 0.3) is 0 Å². The summed E-state index contributed by atoms with van der Waals surface area (Å²) in [6.45, 7) is 3.01. The molecular formula is C21H17F3O5S. The molecule has 0 saturated heterocycles. The number of halogens is 3. The van der Waals surface area contributed by atoms with Crippen molar-refractivity contribution in [2.24, 2.45) is 0 Å². The molecule has 0 amide bonds. The van der Waals surface area contributed by atoms with Crippen LogP contribution in [0.15, 0.2) is 48.5 Å². The Balaban J connectivity index is 2.44. The van der Waals surface area contributed by atoms with E-state index in [4.69, 9.17) is 4.74 Å². The molecule has 0 atom stereocenters. The lowest BCUT2D eigenvalue weighted by atomic mass is 9.89. The summed E-state index contributed by atoms with van der Waals surface area (Å²) in [5.41, 5.74) is -4.65. The molecule has 0 radical (unpaired) electrons. The van der Waals surface area contributed by atoms with E-state index in [1.54, 1.807) is 43.3 Å². The number of methoxy groups -OCH3 is 1. The smallest absolute Gasteiger partial charge is 0.465 e. The molecule has 0 heterocycles. The number of fused-ring (bicyclic) bond motifs is 1. The van der Waals surface area contributed by atoms with Gasteiger partial charge in [-0.05, 0) is 41.8 Å². The van der Waals surface area contributed by atoms with Gasteiger partial charge in [0.1, 0.15) is 0 Å². The molecule has 3 aromatic carbocycles. The van der Waals surface area contributed by atoms with Crippen molar-refractivity contribution in [2.45, 2.75) is 19.4 Å². The van der Waals surface area contributed by atoms with Gasteiger partial charge >= 0.3 is 21.6 Å². The van der Waals surface area contributed by atoms with Crippen molar-refractivity contribution >= 4 is 26.9 Å². The zero-order valence-electron chi connectivity index (χ0n) is 16.2. The molecule has 0 spiro atoms. The quantitative estimate of drug-likeness (QED) is 0.321. The normalized spacial score (nSPS) is 12.1. The van der Waals surface area contributed by atoms with Crippen LogP contribution in [0.1, 0.15) is 21.5 Å². The van der Waals surface area contributed by atoms with E-state index in [1.807, 2.05) is 0 Å². The molecule has 3 rings (SSSR count). The van der Waals surface area contributed by atoms with Crippen LogP contribution < -0.4 is 4.18 Å². The fourth-order valence-corrected chi connectivity index (χ4v) is 3.71. The predicted octanol–water partition coefficient (Wildman–Crippen LogP) is 5.14. The van der Waals surface area contributed by atoms with Gasteiger partial charge in [0.05, 0.1) is 12.7 Å². The molecule has 0 aliphatic rings. The van der Waals surface area contributed by atoms with E-state index < -0.39 is 27.3 Å². The molecule has 0 unspecified atom stereocenters. The van der Waals surface area contributed by atoms with Gasteiger partial charge in [0.2, 0.25) is 0 Å². The Morgan fingerprint density at radius 2 is 1.53 bits per heavy atom. The molecule has 158 valence electrons. The van der Waals surface area contributed by atoms with E-state index in [0.717, 1.165) is 0 Å². The van der Waals surface area contributed by atoms with Crippen LogP contribution in [0.4, 0.5) is 13.2 Å². The highest BCUT2D eigenvalue weighted by Gasteiger charge is 2.49. The fourth-order valence-electron chi connectivity index (χ4n) is 3.18. The highest BCUT2D eigenvalue weighted by atomic mass is 32.2. The number of aryl methyl sites for hydroxylation is 2. The second-order valence-electron chi connectivity index (χ2n) is 6.59. The monoisotopic (exact) mass is 438 g/mol. The van der Waals surface area contributed by atoms with Crippen molar-refractivity contribution < 1.29 is 35.3 Å². The van der Waals surface area contributed by atoms with E-state index >= 15 is 0 Å². The van der Waals surface area contributed by atoms with Crippen LogP contribution >= 0.6 is 0 Å². The molecule has 0 aromatic heterocycles. The highest BCUT2D eigenvalue weighted by Crippen LogP contribution is 2.43. The Hall–Kier alpha value is -3.07. The maximum atomic E-state index is 13.0. The standard InChI is InChI=1S/C21H17F3O5S/c1-12-8-9-13(2)19(29-30(26,27)21(22,23)24)17(12)18-15-7-5-4-6-14(15)10-11-16(18)20(25)28-3/h4-11H,1-3H3. The Bertz CT molecular complexity index is 1250. The number of rotatable bonds is 4. The summed E-state index contributed by atoms with van der Waals surface area (Å²) in [4.78, 5) is 12.4. The van der Waals surface area contributed by atoms with Gasteiger partial charge in [-0.1, -0.05) is 42.5 Å². The first-order valence-electron chi connectivity index (χ1n) is 8.69. The number of esters is 1. The molecule has 9 heteroatoms. The SMILES string of the molecule is COC(=O)c1ccc2ccccc2c1-c1c(C)ccc(C)c1OS(=O)(=O)C(F)(F)F. The van der Waals surface area contributed by atoms with Crippen LogP contribution in [0.25, 0.3) is 21.9 Å². The van der Waals surface area contributed by atoms with Crippen LogP contribution in [0, 0.1) is 13.8 Å². The fraction of sp³-hybridized carbons (Fsp3) is 0.190. The second kappa shape index (κ2) is 7.64. The minimum atomic E-state index is -5.93. The summed E-state index contributed by atoms with van der Waals surface area (Å²) in [5, 5.41) is 1.23. The molecule has 30 heavy (non-hydrogen) atoms. The number of ether oxygens (including phenoxy) is 1. The maximum Gasteiger partial charge on any atom is 0.534 e. The topological polar surface area (TPSA) is 69.7 Å². The van der Waals surface area contributed by atoms with Crippen molar-refractivity contribution in [3.05, 3.63) is 65.2 Å². The van der Waals surface area contributed by atoms with Gasteiger partial charge < -0.3 is 8.92 Å². The summed E-state index contributed by atoms with van der Waals surface area (Å²) in [6.07, 6.45) is 0. The first kappa shape index (κ1) is 21.6. The summed E-state index contributed by atoms with van der Waals surface area (Å²) >= 11 is 0. The lowest BCUT2D eigenvalue weighted by Crippen LogP contribution is -2.28. The van der Waals surface area contributed by atoms with E-state index in [2.05, 4.69) is 4.18 Å². The highest BCUT2D eigenvalue weighted by molar-refractivity contribution is 7.88. The van der Waals surface area contributed by atoms with Gasteiger partial charge in [-0.25, -0.2) is 4.79 Å². The largest absolute Gasteiger partial charge is 0.534 e. The van der Waals surface area contributed by atoms with Crippen molar-refractivity contribution in [1.29, 1.82) is 0 Å². The average Bonchev–Trinajstić information content (AvgIpc) is 2.69. The van der Waals surface area contributed by atoms with Crippen LogP contribution in [0.3, 0.4) is 0 Å². The van der Waals surface area contributed by atoms with Crippen molar-refractivity contribution in [2.75, 3.05) is 7.11 Å². The minimum absolute atomic E-state index is 0.0687. The molecule has 0 N–H and O–H groups in total. The molecule has 0 aliphatic carbocycles. The average molecular weight is 438 g/mol. The summed E-state index contributed by atoms with van der Waals surface area (Å²) < 4.78 is 72.0. The third-order valence-electron chi connectivity index (χ3n) is 4.62. The molecule has 5 nitrogen and oxygen atoms in total. The molecular weight excluding hydrogens is 421 g/mol. The van der Waals surface area contributed by atoms with E-state index in [1.165, 1.54) is 26.2 Å². The zero-order chi connectivity index (χ0) is 22.3. The maximum absolute atomic E-state index is 13.0. The third kappa shape index (κ3) is 3.72. The van der Waals surface area contributed by atoms with Gasteiger partial charge in [-0.2, -0.15) is 21.6 Å². The Morgan fingerprint density at radius 3 is 2.17 bits per heavy atom. The van der Waals surface area contributed by atoms with Gasteiger partial charge in [-0.15, -0.1) is 0 Å². The number of hydrogen-bond donors (Lipinski definition) is 0. The van der Waals surface area contributed by atoms with Crippen molar-refractivity contribution in [3.63, 3.8) is 0 Å². The third-order valence-corrected chi connectivity index (χ3v) is 5.58. The second-order valence-corrected chi connectivity index (χ2v) is 8.13. The van der Waals surface area contributed by atoms with Crippen LogP contribution in [0.5, 0.6) is 5.75 Å². The predicted molar refractivity (Wildman–Crippen MR) is 106 cm³/mol. The first-order chi connectivity index (χ1) is 14.0. The van der Waals surface area contributed by atoms with Crippen LogP contribution in [-0.2, 0) is 14.9 Å². The molecule has 0 bridgehead atoms. The summed E-state index contributed by atoms with van der Waals surface area (Å²) in [5.74, 6) is -1.21. The summed E-state index contributed by atoms with van der Waals surface area (Å²) in [6, 6.07) is 13.1. The number of carbonyl (C=O) groups excluding carboxylic acids is 1. The summed E-state index contributed by atoms with van der Waals surface area (Å²) in [7, 11) is -4.75. The van der Waals surface area contributed by atoms with Crippen LogP contribution in [-0.4, -0.2) is 27.0 Å².